The molecule has 0 radical (unpaired) electrons. The Kier molecular flexibility index (Phi) is 20.3. The third kappa shape index (κ3) is 14.8. The van der Waals surface area contributed by atoms with Crippen LogP contribution >= 0.6 is 0 Å². The summed E-state index contributed by atoms with van der Waals surface area (Å²) in [7, 11) is 0.203. The van der Waals surface area contributed by atoms with Crippen molar-refractivity contribution in [1.82, 2.24) is 56.3 Å². The summed E-state index contributed by atoms with van der Waals surface area (Å²) in [6, 6.07) is 2.36. The van der Waals surface area contributed by atoms with Gasteiger partial charge in [0.05, 0.1) is 41.1 Å². The molecule has 6 amide bonds. The lowest BCUT2D eigenvalue weighted by Gasteiger charge is -2.31. The third-order valence-electron chi connectivity index (χ3n) is 13.4. The van der Waals surface area contributed by atoms with Crippen LogP contribution < -0.4 is 37.5 Å². The molecule has 3 aromatic heterocycles. The van der Waals surface area contributed by atoms with E-state index in [2.05, 4.69) is 41.9 Å². The van der Waals surface area contributed by atoms with Crippen molar-refractivity contribution in [3.8, 4) is 11.4 Å². The van der Waals surface area contributed by atoms with Crippen molar-refractivity contribution in [2.24, 2.45) is 5.92 Å². The van der Waals surface area contributed by atoms with E-state index in [1.54, 1.807) is 33.8 Å². The van der Waals surface area contributed by atoms with Gasteiger partial charge in [0.15, 0.2) is 5.60 Å². The molecule has 26 heteroatoms. The minimum Gasteiger partial charge on any atom is -0.458 e. The van der Waals surface area contributed by atoms with E-state index >= 15 is 0 Å². The number of aryl methyl sites for hydroxylation is 1. The quantitative estimate of drug-likeness (QED) is 0.0166. The van der Waals surface area contributed by atoms with E-state index in [1.165, 1.54) is 16.7 Å². The fourth-order valence-corrected chi connectivity index (χ4v) is 9.45. The number of hydrogen-bond acceptors (Lipinski definition) is 17. The molecule has 0 saturated heterocycles. The molecule has 6 rings (SSSR count). The number of fused-ring (bicyclic) bond motifs is 5. The van der Waals surface area contributed by atoms with E-state index in [4.69, 9.17) is 14.5 Å². The van der Waals surface area contributed by atoms with E-state index in [1.807, 2.05) is 19.0 Å². The second-order valence-electron chi connectivity index (χ2n) is 20.0. The molecule has 0 spiro atoms. The first-order valence-corrected chi connectivity index (χ1v) is 27.5. The summed E-state index contributed by atoms with van der Waals surface area (Å²) < 4.78 is 50.1. The van der Waals surface area contributed by atoms with Crippen molar-refractivity contribution in [2.75, 3.05) is 53.3 Å². The Hall–Kier alpha value is -7.29. The first kappa shape index (κ1) is 59.9. The second kappa shape index (κ2) is 26.4. The molecule has 5 heterocycles. The lowest BCUT2D eigenvalue weighted by Crippen LogP contribution is -2.56. The first-order valence-electron chi connectivity index (χ1n) is 25.7. The largest absolute Gasteiger partial charge is 0.458 e. The summed E-state index contributed by atoms with van der Waals surface area (Å²) in [6.07, 6.45) is 6.30. The highest BCUT2D eigenvalue weighted by Gasteiger charge is 2.45. The van der Waals surface area contributed by atoms with Crippen molar-refractivity contribution < 1.29 is 61.0 Å². The molecule has 78 heavy (non-hydrogen) atoms. The Morgan fingerprint density at radius 2 is 1.64 bits per heavy atom. The number of pyridine rings is 2. The Balaban J connectivity index is 0.968. The van der Waals surface area contributed by atoms with Crippen LogP contribution in [-0.2, 0) is 73.4 Å². The maximum absolute atomic E-state index is 14.9. The average Bonchev–Trinajstić information content (AvgIpc) is 3.98. The van der Waals surface area contributed by atoms with Gasteiger partial charge in [-0.25, -0.2) is 32.6 Å². The number of nitrogens with zero attached hydrogens (tertiary/aromatic N) is 5. The molecule has 2 aliphatic rings. The molecule has 0 unspecified atom stereocenters. The molecule has 2 aliphatic heterocycles. The van der Waals surface area contributed by atoms with Crippen molar-refractivity contribution in [1.29, 1.82) is 0 Å². The fraction of sp³-hybridized carbons (Fsp3) is 0.519. The standard InChI is InChI=1S/C52H68FN11O13S/c1-8-52(73)36-19-40-45-34(25-64(40)49(71)35(36)26-77-50(52)72)33(32-18-30(4)37(53)20-39(32)60-45)23-55-43(67)27-76-28-59-42(66)24-56-47(69)38(14-11-13-17-63(5)6)61-48(70)44(29(2)3)62-41(65)15-10-9-12-16-54-46(68)31-21-57-51(58-22-31)78(7,74)75/h18-22,29,38,44,73H,8-17,23-28H2,1-7H3,(H,54,68)(H,55,67)(H,56,69)(H,59,66)(H,61,70)(H,62,65)/t38-,44-,52+/m0/s1. The number of unbranched alkanes of at least 4 members (excludes halogenated alkanes) is 3. The summed E-state index contributed by atoms with van der Waals surface area (Å²) in [5.74, 6) is -5.07. The van der Waals surface area contributed by atoms with Crippen molar-refractivity contribution in [2.45, 2.75) is 122 Å². The summed E-state index contributed by atoms with van der Waals surface area (Å²) in [5.41, 5.74) is 0.117. The topological polar surface area (TPSA) is 328 Å². The number of cyclic esters (lactones) is 1. The van der Waals surface area contributed by atoms with Crippen molar-refractivity contribution in [3.63, 3.8) is 0 Å². The van der Waals surface area contributed by atoms with Crippen LogP contribution in [0.1, 0.15) is 110 Å². The number of sulfone groups is 1. The summed E-state index contributed by atoms with van der Waals surface area (Å²) >= 11 is 0. The van der Waals surface area contributed by atoms with Gasteiger partial charge in [-0.3, -0.25) is 33.6 Å². The van der Waals surface area contributed by atoms with Gasteiger partial charge in [0.1, 0.15) is 37.8 Å². The summed E-state index contributed by atoms with van der Waals surface area (Å²) in [6.45, 7) is 5.90. The second-order valence-corrected chi connectivity index (χ2v) is 21.9. The van der Waals surface area contributed by atoms with Crippen LogP contribution in [0.4, 0.5) is 4.39 Å². The monoisotopic (exact) mass is 1110 g/mol. The third-order valence-corrected chi connectivity index (χ3v) is 14.3. The number of hydrogen-bond donors (Lipinski definition) is 7. The van der Waals surface area contributed by atoms with Crippen LogP contribution in [0.15, 0.2) is 40.5 Å². The van der Waals surface area contributed by atoms with Gasteiger partial charge in [-0.1, -0.05) is 27.2 Å². The van der Waals surface area contributed by atoms with Gasteiger partial charge in [0, 0.05) is 60.7 Å². The van der Waals surface area contributed by atoms with Crippen LogP contribution in [0.3, 0.4) is 0 Å². The lowest BCUT2D eigenvalue weighted by molar-refractivity contribution is -0.172. The number of aliphatic hydroxyl groups is 1. The number of ether oxygens (including phenoxy) is 2. The van der Waals surface area contributed by atoms with Gasteiger partial charge in [-0.15, -0.1) is 0 Å². The van der Waals surface area contributed by atoms with Crippen LogP contribution in [0.5, 0.6) is 0 Å². The van der Waals surface area contributed by atoms with Gasteiger partial charge in [-0.2, -0.15) is 0 Å². The number of benzene rings is 1. The molecule has 422 valence electrons. The fourth-order valence-electron chi connectivity index (χ4n) is 8.96. The number of amides is 6. The minimum absolute atomic E-state index is 0.0311. The van der Waals surface area contributed by atoms with Gasteiger partial charge in [-0.05, 0) is 95.3 Å². The predicted molar refractivity (Wildman–Crippen MR) is 280 cm³/mol. The van der Waals surface area contributed by atoms with Crippen molar-refractivity contribution in [3.05, 3.63) is 80.1 Å². The van der Waals surface area contributed by atoms with Gasteiger partial charge in [0.2, 0.25) is 44.5 Å². The van der Waals surface area contributed by atoms with E-state index in [0.29, 0.717) is 65.6 Å². The lowest BCUT2D eigenvalue weighted by atomic mass is 9.86. The SMILES string of the molecule is CC[C@]1(O)C(=O)OCc2c1cc1n(c2=O)Cc2c-1nc1cc(F)c(C)cc1c2CNC(=O)COCNC(=O)CNC(=O)[C@H](CCCCN(C)C)NC(=O)[C@@H](NC(=O)CCCCCNC(=O)c1cnc(S(C)(=O)=O)nc1)C(C)C. The number of halogens is 1. The molecule has 1 aromatic carbocycles. The number of carbonyl (C=O) groups excluding carboxylic acids is 7. The highest BCUT2D eigenvalue weighted by Crippen LogP contribution is 2.40. The van der Waals surface area contributed by atoms with Gasteiger partial charge < -0.3 is 55.9 Å². The number of nitrogens with one attached hydrogen (secondary N) is 6. The minimum atomic E-state index is -3.61. The maximum Gasteiger partial charge on any atom is 0.343 e. The molecule has 4 aromatic rings. The molecule has 0 bridgehead atoms. The van der Waals surface area contributed by atoms with Crippen LogP contribution in [0, 0.1) is 18.7 Å². The summed E-state index contributed by atoms with van der Waals surface area (Å²) in [4.78, 5) is 119. The zero-order valence-corrected chi connectivity index (χ0v) is 45.6. The average molecular weight is 1110 g/mol. The van der Waals surface area contributed by atoms with Crippen molar-refractivity contribution >= 4 is 62.2 Å². The van der Waals surface area contributed by atoms with Gasteiger partial charge in [0.25, 0.3) is 11.5 Å². The smallest absolute Gasteiger partial charge is 0.343 e. The molecule has 24 nitrogen and oxygen atoms in total. The maximum atomic E-state index is 14.9. The highest BCUT2D eigenvalue weighted by atomic mass is 32.2. The van der Waals surface area contributed by atoms with E-state index in [0.717, 1.165) is 25.2 Å². The molecule has 0 saturated carbocycles. The van der Waals surface area contributed by atoms with Crippen LogP contribution in [0.25, 0.3) is 22.3 Å². The Bertz CT molecular complexity index is 3120. The molecule has 3 atom stereocenters. The Morgan fingerprint density at radius 1 is 0.910 bits per heavy atom. The molecule has 0 fully saturated rings. The number of esters is 1. The zero-order chi connectivity index (χ0) is 57.1. The van der Waals surface area contributed by atoms with E-state index in [9.17, 15) is 56.3 Å². The van der Waals surface area contributed by atoms with E-state index in [-0.39, 0.29) is 84.7 Å². The van der Waals surface area contributed by atoms with Crippen LogP contribution in [-0.4, -0.2) is 145 Å². The highest BCUT2D eigenvalue weighted by molar-refractivity contribution is 7.90. The number of carbonyl (C=O) groups is 7. The summed E-state index contributed by atoms with van der Waals surface area (Å²) in [5, 5.41) is 27.4. The molecule has 7 N–H and O–H groups in total. The zero-order valence-electron chi connectivity index (χ0n) is 44.8. The number of rotatable bonds is 27. The van der Waals surface area contributed by atoms with Crippen LogP contribution in [0.2, 0.25) is 0 Å². The molecular weight excluding hydrogens is 1040 g/mol. The Labute approximate surface area is 450 Å². The molecule has 0 aliphatic carbocycles. The first-order chi connectivity index (χ1) is 36.9. The normalized spacial score (nSPS) is 15.4. The van der Waals surface area contributed by atoms with E-state index < -0.39 is 94.3 Å². The number of aromatic nitrogens is 4. The molecular formula is C52H68FN11O13S. The Morgan fingerprint density at radius 3 is 2.32 bits per heavy atom. The predicted octanol–water partition coefficient (Wildman–Crippen LogP) is 0.891. The van der Waals surface area contributed by atoms with Gasteiger partial charge >= 0.3 is 5.97 Å².